The van der Waals surface area contributed by atoms with Gasteiger partial charge in [0, 0.05) is 11.1 Å². The Morgan fingerprint density at radius 2 is 1.81 bits per heavy atom. The number of hydrogen-bond acceptors (Lipinski definition) is 8. The molecule has 1 amide bonds. The quantitative estimate of drug-likeness (QED) is 0.206. The van der Waals surface area contributed by atoms with Crippen LogP contribution in [0, 0.1) is 11.3 Å². The van der Waals surface area contributed by atoms with E-state index in [0.717, 1.165) is 5.56 Å². The number of rotatable bonds is 2. The van der Waals surface area contributed by atoms with Crippen molar-refractivity contribution in [3.8, 4) is 17.6 Å². The number of carbonyl (C=O) groups is 2. The van der Waals surface area contributed by atoms with Crippen molar-refractivity contribution in [1.82, 2.24) is 0 Å². The molecule has 2 atom stereocenters. The van der Waals surface area contributed by atoms with Crippen molar-refractivity contribution in [1.29, 1.82) is 5.26 Å². The summed E-state index contributed by atoms with van der Waals surface area (Å²) in [6, 6.07) is 20.7. The highest BCUT2D eigenvalue weighted by molar-refractivity contribution is 6.16. The third-order valence-corrected chi connectivity index (χ3v) is 8.51. The van der Waals surface area contributed by atoms with Gasteiger partial charge >= 0.3 is 11.6 Å². The number of nitrogens with two attached hydrogens (primary N) is 1. The summed E-state index contributed by atoms with van der Waals surface area (Å²) in [5.74, 6) is -1.23. The van der Waals surface area contributed by atoms with Crippen molar-refractivity contribution in [2.45, 2.75) is 44.1 Å². The van der Waals surface area contributed by atoms with E-state index in [2.05, 4.69) is 6.07 Å². The summed E-state index contributed by atoms with van der Waals surface area (Å²) in [7, 11) is 0. The fourth-order valence-electron chi connectivity index (χ4n) is 6.90. The molecule has 0 saturated carbocycles. The molecule has 4 heterocycles. The lowest BCUT2D eigenvalue weighted by atomic mass is 9.68. The second-order valence-corrected chi connectivity index (χ2v) is 11.5. The van der Waals surface area contributed by atoms with E-state index in [1.54, 1.807) is 71.6 Å². The predicted molar refractivity (Wildman–Crippen MR) is 153 cm³/mol. The minimum absolute atomic E-state index is 0.0532. The van der Waals surface area contributed by atoms with Crippen LogP contribution in [0.3, 0.4) is 0 Å². The van der Waals surface area contributed by atoms with Crippen molar-refractivity contribution in [2.24, 2.45) is 5.73 Å². The average Bonchev–Trinajstić information content (AvgIpc) is 3.21. The van der Waals surface area contributed by atoms with Gasteiger partial charge in [-0.1, -0.05) is 37.3 Å². The number of nitrogens with zero attached hydrogens (tertiary/aromatic N) is 2. The Kier molecular flexibility index (Phi) is 5.22. The molecule has 42 heavy (non-hydrogen) atoms. The van der Waals surface area contributed by atoms with Crippen LogP contribution in [-0.4, -0.2) is 17.4 Å². The molecule has 0 bridgehead atoms. The number of hydrogen-bond donors (Lipinski definition) is 1. The number of fused-ring (bicyclic) bond motifs is 5. The number of carbonyl (C=O) groups excluding carboxylic acids is 2. The van der Waals surface area contributed by atoms with Crippen molar-refractivity contribution >= 4 is 28.5 Å². The Labute approximate surface area is 240 Å². The lowest BCUT2D eigenvalue weighted by Crippen LogP contribution is -2.55. The Bertz CT molecular complexity index is 2000. The Morgan fingerprint density at radius 3 is 2.55 bits per heavy atom. The van der Waals surface area contributed by atoms with Crippen LogP contribution in [0.25, 0.3) is 11.0 Å². The first-order valence-corrected chi connectivity index (χ1v) is 13.5. The van der Waals surface area contributed by atoms with Crippen molar-refractivity contribution in [2.75, 3.05) is 4.90 Å². The molecule has 0 fully saturated rings. The highest BCUT2D eigenvalue weighted by Crippen LogP contribution is 2.61. The maximum atomic E-state index is 14.9. The van der Waals surface area contributed by atoms with E-state index in [4.69, 9.17) is 19.6 Å². The van der Waals surface area contributed by atoms with Crippen molar-refractivity contribution < 1.29 is 23.5 Å². The van der Waals surface area contributed by atoms with Gasteiger partial charge in [-0.25, -0.2) is 9.59 Å². The highest BCUT2D eigenvalue weighted by Gasteiger charge is 2.65. The molecule has 3 aliphatic rings. The number of amides is 1. The van der Waals surface area contributed by atoms with Gasteiger partial charge in [-0.3, -0.25) is 4.79 Å². The molecular formula is C33H25N3O6. The average molecular weight is 560 g/mol. The molecule has 9 heteroatoms. The summed E-state index contributed by atoms with van der Waals surface area (Å²) in [6.45, 7) is 5.92. The number of esters is 1. The molecule has 1 spiro atoms. The summed E-state index contributed by atoms with van der Waals surface area (Å²) < 4.78 is 17.5. The van der Waals surface area contributed by atoms with Crippen LogP contribution in [0.1, 0.15) is 60.2 Å². The first-order valence-electron chi connectivity index (χ1n) is 13.5. The Morgan fingerprint density at radius 1 is 1.10 bits per heavy atom. The van der Waals surface area contributed by atoms with Gasteiger partial charge in [-0.15, -0.1) is 0 Å². The molecule has 2 N–H and O–H groups in total. The fraction of sp³-hybridized carbons (Fsp3) is 0.212. The third-order valence-electron chi connectivity index (χ3n) is 8.51. The van der Waals surface area contributed by atoms with Crippen molar-refractivity contribution in [3.63, 3.8) is 0 Å². The summed E-state index contributed by atoms with van der Waals surface area (Å²) in [4.78, 5) is 43.6. The molecule has 0 aliphatic carbocycles. The third kappa shape index (κ3) is 3.20. The zero-order valence-corrected chi connectivity index (χ0v) is 23.1. The summed E-state index contributed by atoms with van der Waals surface area (Å²) in [5, 5.41) is 10.9. The largest absolute Gasteiger partial charge is 0.439 e. The molecular weight excluding hydrogens is 534 g/mol. The standard InChI is InChI=1S/C33H25N3O6/c1-17-15-32(2,3)36-26-21(17)13-19(40-29(37)18-9-5-4-6-10-18)14-22(26)33(31(36)39)23(16-34)28(35)42-27-20-11-7-8-12-24(20)41-30(38)25(27)33/h4-14,17H,15,35H2,1-3H3/t17-,33-/m1/s1. The van der Waals surface area contributed by atoms with Crippen LogP contribution in [0.15, 0.2) is 87.4 Å². The molecule has 3 aliphatic heterocycles. The maximum Gasteiger partial charge on any atom is 0.345 e. The maximum absolute atomic E-state index is 14.9. The molecule has 1 aromatic heterocycles. The smallest absolute Gasteiger partial charge is 0.345 e. The zero-order valence-electron chi connectivity index (χ0n) is 23.1. The van der Waals surface area contributed by atoms with Gasteiger partial charge in [0.2, 0.25) is 11.8 Å². The van der Waals surface area contributed by atoms with E-state index in [-0.39, 0.29) is 40.0 Å². The SMILES string of the molecule is C[C@@H]1CC(C)(C)N2C(=O)[C@@]3(C(C#N)=C(N)Oc4c3c(=O)oc3ccccc43)c3cc(OC(=O)c4ccccc4)cc1c32. The minimum Gasteiger partial charge on any atom is -0.439 e. The number of benzene rings is 3. The van der Waals surface area contributed by atoms with E-state index in [0.29, 0.717) is 28.6 Å². The summed E-state index contributed by atoms with van der Waals surface area (Å²) in [6.07, 6.45) is 0.577. The van der Waals surface area contributed by atoms with Crippen LogP contribution in [0.4, 0.5) is 5.69 Å². The second kappa shape index (κ2) is 8.57. The first-order chi connectivity index (χ1) is 20.1. The zero-order chi connectivity index (χ0) is 29.6. The fourth-order valence-corrected chi connectivity index (χ4v) is 6.90. The lowest BCUT2D eigenvalue weighted by Gasteiger charge is -2.44. The molecule has 0 saturated heterocycles. The van der Waals surface area contributed by atoms with Crippen LogP contribution in [0.5, 0.6) is 11.5 Å². The minimum atomic E-state index is -1.99. The number of para-hydroxylation sites is 1. The van der Waals surface area contributed by atoms with E-state index >= 15 is 0 Å². The van der Waals surface area contributed by atoms with Gasteiger partial charge in [0.05, 0.1) is 16.6 Å². The first kappa shape index (κ1) is 25.6. The predicted octanol–water partition coefficient (Wildman–Crippen LogP) is 5.02. The molecule has 7 rings (SSSR count). The van der Waals surface area contributed by atoms with Crippen LogP contribution in [0.2, 0.25) is 0 Å². The van der Waals surface area contributed by atoms with Crippen molar-refractivity contribution in [3.05, 3.63) is 111 Å². The molecule has 0 radical (unpaired) electrons. The van der Waals surface area contributed by atoms with E-state index < -0.39 is 28.5 Å². The van der Waals surface area contributed by atoms with Gasteiger partial charge in [0.15, 0.2) is 11.2 Å². The summed E-state index contributed by atoms with van der Waals surface area (Å²) >= 11 is 0. The van der Waals surface area contributed by atoms with E-state index in [1.807, 2.05) is 20.8 Å². The number of ether oxygens (including phenoxy) is 2. The van der Waals surface area contributed by atoms with Crippen LogP contribution in [-0.2, 0) is 10.2 Å². The molecule has 9 nitrogen and oxygen atoms in total. The van der Waals surface area contributed by atoms with Gasteiger partial charge in [0.25, 0.3) is 0 Å². The Hall–Kier alpha value is -5.36. The Balaban J connectivity index is 1.59. The summed E-state index contributed by atoms with van der Waals surface area (Å²) in [5.41, 5.74) is 4.74. The normalized spacial score (nSPS) is 21.5. The highest BCUT2D eigenvalue weighted by atomic mass is 16.5. The topological polar surface area (TPSA) is 136 Å². The molecule has 4 aromatic rings. The lowest BCUT2D eigenvalue weighted by molar-refractivity contribution is -0.122. The monoisotopic (exact) mass is 559 g/mol. The van der Waals surface area contributed by atoms with Gasteiger partial charge in [-0.05, 0) is 68.1 Å². The number of anilines is 1. The number of nitriles is 1. The molecule has 0 unspecified atom stereocenters. The van der Waals surface area contributed by atoms with Gasteiger partial charge in [-0.2, -0.15) is 5.26 Å². The van der Waals surface area contributed by atoms with Crippen LogP contribution >= 0.6 is 0 Å². The second-order valence-electron chi connectivity index (χ2n) is 11.5. The van der Waals surface area contributed by atoms with Gasteiger partial charge < -0.3 is 24.5 Å². The van der Waals surface area contributed by atoms with E-state index in [1.165, 1.54) is 0 Å². The molecule has 3 aromatic carbocycles. The molecule has 208 valence electrons. The van der Waals surface area contributed by atoms with Crippen LogP contribution < -0.4 is 25.7 Å². The van der Waals surface area contributed by atoms with E-state index in [9.17, 15) is 19.6 Å². The van der Waals surface area contributed by atoms with Gasteiger partial charge in [0.1, 0.15) is 28.5 Å².